The first kappa shape index (κ1) is 10.1. The first-order valence-corrected chi connectivity index (χ1v) is 3.69. The highest BCUT2D eigenvalue weighted by molar-refractivity contribution is 6.34. The molecule has 0 saturated heterocycles. The highest BCUT2D eigenvalue weighted by Gasteiger charge is 2.31. The normalized spacial score (nSPS) is 11.2. The van der Waals surface area contributed by atoms with E-state index >= 15 is 0 Å². The van der Waals surface area contributed by atoms with Gasteiger partial charge in [-0.2, -0.15) is 0 Å². The maximum Gasteiger partial charge on any atom is 0.372 e. The maximum absolute atomic E-state index is 11.0. The van der Waals surface area contributed by atoms with E-state index in [1.54, 1.807) is 13.8 Å². The monoisotopic (exact) mass is 158 g/mol. The Morgan fingerprint density at radius 1 is 1.36 bits per heavy atom. The molecule has 1 N–H and O–H groups in total. The molecule has 3 nitrogen and oxygen atoms in total. The van der Waals surface area contributed by atoms with Crippen molar-refractivity contribution in [2.75, 3.05) is 0 Å². The Balaban J connectivity index is 4.29. The predicted molar refractivity (Wildman–Crippen MR) is 41.3 cm³/mol. The predicted octanol–water partition coefficient (Wildman–Crippen LogP) is 1.47. The molecule has 0 aliphatic carbocycles. The number of carbonyl (C=O) groups is 2. The van der Waals surface area contributed by atoms with E-state index in [9.17, 15) is 9.59 Å². The number of carboxylic acid groups (broad SMARTS) is 1. The van der Waals surface area contributed by atoms with Gasteiger partial charge in [-0.15, -0.1) is 0 Å². The largest absolute Gasteiger partial charge is 0.475 e. The van der Waals surface area contributed by atoms with Crippen LogP contribution in [-0.2, 0) is 9.59 Å². The zero-order valence-corrected chi connectivity index (χ0v) is 7.18. The van der Waals surface area contributed by atoms with E-state index in [4.69, 9.17) is 5.11 Å². The summed E-state index contributed by atoms with van der Waals surface area (Å²) in [6, 6.07) is 0. The molecule has 0 atom stereocenters. The SMILES string of the molecule is CCCC(C)(C)C(=O)C(=O)O. The second-order valence-corrected chi connectivity index (χ2v) is 3.27. The number of carboxylic acids is 1. The molecule has 0 amide bonds. The molecular formula is C8H14O3. The third kappa shape index (κ3) is 2.70. The van der Waals surface area contributed by atoms with E-state index in [2.05, 4.69) is 0 Å². The summed E-state index contributed by atoms with van der Waals surface area (Å²) in [6.07, 6.45) is 1.45. The minimum absolute atomic E-state index is 0.623. The summed E-state index contributed by atoms with van der Waals surface area (Å²) in [5.41, 5.74) is -0.708. The molecule has 64 valence electrons. The summed E-state index contributed by atoms with van der Waals surface area (Å²) in [7, 11) is 0. The summed E-state index contributed by atoms with van der Waals surface area (Å²) in [4.78, 5) is 21.2. The van der Waals surface area contributed by atoms with Crippen molar-refractivity contribution in [3.63, 3.8) is 0 Å². The summed E-state index contributed by atoms with van der Waals surface area (Å²) in [6.45, 7) is 5.25. The smallest absolute Gasteiger partial charge is 0.372 e. The fourth-order valence-electron chi connectivity index (χ4n) is 1.03. The third-order valence-electron chi connectivity index (χ3n) is 1.68. The zero-order valence-electron chi connectivity index (χ0n) is 7.18. The Labute approximate surface area is 66.4 Å². The number of aliphatic carboxylic acids is 1. The average molecular weight is 158 g/mol. The fourth-order valence-corrected chi connectivity index (χ4v) is 1.03. The summed E-state index contributed by atoms with van der Waals surface area (Å²) in [5.74, 6) is -2.03. The van der Waals surface area contributed by atoms with Gasteiger partial charge in [-0.3, -0.25) is 4.79 Å². The van der Waals surface area contributed by atoms with Gasteiger partial charge >= 0.3 is 5.97 Å². The average Bonchev–Trinajstić information content (AvgIpc) is 1.86. The van der Waals surface area contributed by atoms with Crippen molar-refractivity contribution in [3.8, 4) is 0 Å². The van der Waals surface area contributed by atoms with Crippen LogP contribution in [0.3, 0.4) is 0 Å². The van der Waals surface area contributed by atoms with Gasteiger partial charge in [0.15, 0.2) is 0 Å². The molecule has 0 saturated carbocycles. The number of carbonyl (C=O) groups excluding carboxylic acids is 1. The van der Waals surface area contributed by atoms with E-state index in [1.807, 2.05) is 6.92 Å². The Hall–Kier alpha value is -0.860. The molecule has 0 aliphatic heterocycles. The van der Waals surface area contributed by atoms with E-state index in [0.29, 0.717) is 6.42 Å². The van der Waals surface area contributed by atoms with Crippen molar-refractivity contribution in [2.45, 2.75) is 33.6 Å². The topological polar surface area (TPSA) is 54.4 Å². The van der Waals surface area contributed by atoms with E-state index in [1.165, 1.54) is 0 Å². The lowest BCUT2D eigenvalue weighted by Crippen LogP contribution is -2.30. The molecule has 0 bridgehead atoms. The Morgan fingerprint density at radius 2 is 1.82 bits per heavy atom. The van der Waals surface area contributed by atoms with Crippen LogP contribution in [-0.4, -0.2) is 16.9 Å². The number of hydrogen-bond donors (Lipinski definition) is 1. The molecule has 11 heavy (non-hydrogen) atoms. The van der Waals surface area contributed by atoms with Crippen LogP contribution in [0, 0.1) is 5.41 Å². The van der Waals surface area contributed by atoms with Gasteiger partial charge in [0.1, 0.15) is 0 Å². The molecule has 0 spiro atoms. The first-order valence-electron chi connectivity index (χ1n) is 3.69. The highest BCUT2D eigenvalue weighted by atomic mass is 16.4. The van der Waals surface area contributed by atoms with E-state index < -0.39 is 17.2 Å². The second kappa shape index (κ2) is 3.51. The van der Waals surface area contributed by atoms with Gasteiger partial charge in [0.25, 0.3) is 0 Å². The van der Waals surface area contributed by atoms with Crippen molar-refractivity contribution >= 4 is 11.8 Å². The van der Waals surface area contributed by atoms with Gasteiger partial charge in [-0.25, -0.2) is 4.79 Å². The third-order valence-corrected chi connectivity index (χ3v) is 1.68. The molecule has 0 unspecified atom stereocenters. The maximum atomic E-state index is 11.0. The first-order chi connectivity index (χ1) is 4.91. The molecule has 0 aliphatic rings. The van der Waals surface area contributed by atoms with Crippen LogP contribution < -0.4 is 0 Å². The van der Waals surface area contributed by atoms with Crippen molar-refractivity contribution in [3.05, 3.63) is 0 Å². The Kier molecular flexibility index (Phi) is 3.23. The van der Waals surface area contributed by atoms with E-state index in [0.717, 1.165) is 6.42 Å². The quantitative estimate of drug-likeness (QED) is 0.630. The van der Waals surface area contributed by atoms with Crippen LogP contribution >= 0.6 is 0 Å². The van der Waals surface area contributed by atoms with Crippen LogP contribution in [0.5, 0.6) is 0 Å². The van der Waals surface area contributed by atoms with Gasteiger partial charge in [0.2, 0.25) is 5.78 Å². The lowest BCUT2D eigenvalue weighted by atomic mass is 9.83. The van der Waals surface area contributed by atoms with Gasteiger partial charge in [0, 0.05) is 5.41 Å². The molecule has 0 heterocycles. The summed E-state index contributed by atoms with van der Waals surface area (Å²) >= 11 is 0. The molecule has 0 fully saturated rings. The van der Waals surface area contributed by atoms with Crippen LogP contribution in [0.1, 0.15) is 33.6 Å². The second-order valence-electron chi connectivity index (χ2n) is 3.27. The molecule has 0 aromatic heterocycles. The van der Waals surface area contributed by atoms with Gasteiger partial charge in [-0.05, 0) is 6.42 Å². The van der Waals surface area contributed by atoms with Gasteiger partial charge in [0.05, 0.1) is 0 Å². The standard InChI is InChI=1S/C8H14O3/c1-4-5-8(2,3)6(9)7(10)11/h4-5H2,1-3H3,(H,10,11). The minimum atomic E-state index is -1.33. The Morgan fingerprint density at radius 3 is 2.09 bits per heavy atom. The molecule has 0 aromatic carbocycles. The van der Waals surface area contributed by atoms with Crippen molar-refractivity contribution in [1.82, 2.24) is 0 Å². The van der Waals surface area contributed by atoms with Crippen molar-refractivity contribution in [2.24, 2.45) is 5.41 Å². The molecular weight excluding hydrogens is 144 g/mol. The lowest BCUT2D eigenvalue weighted by molar-refractivity contribution is -0.153. The number of ketones is 1. The van der Waals surface area contributed by atoms with Gasteiger partial charge < -0.3 is 5.11 Å². The van der Waals surface area contributed by atoms with Gasteiger partial charge in [-0.1, -0.05) is 27.2 Å². The van der Waals surface area contributed by atoms with E-state index in [-0.39, 0.29) is 0 Å². The minimum Gasteiger partial charge on any atom is -0.475 e. The van der Waals surface area contributed by atoms with Crippen LogP contribution in [0.4, 0.5) is 0 Å². The molecule has 0 radical (unpaired) electrons. The van der Waals surface area contributed by atoms with Crippen molar-refractivity contribution in [1.29, 1.82) is 0 Å². The molecule has 3 heteroatoms. The number of rotatable bonds is 4. The summed E-state index contributed by atoms with van der Waals surface area (Å²) in [5, 5.41) is 8.39. The van der Waals surface area contributed by atoms with Crippen LogP contribution in [0.2, 0.25) is 0 Å². The molecule has 0 aromatic rings. The fraction of sp³-hybridized carbons (Fsp3) is 0.750. The van der Waals surface area contributed by atoms with Crippen LogP contribution in [0.15, 0.2) is 0 Å². The van der Waals surface area contributed by atoms with Crippen molar-refractivity contribution < 1.29 is 14.7 Å². The summed E-state index contributed by atoms with van der Waals surface area (Å²) < 4.78 is 0. The number of Topliss-reactive ketones (excluding diaryl/α,β-unsaturated/α-hetero) is 1. The molecule has 0 rings (SSSR count). The number of hydrogen-bond acceptors (Lipinski definition) is 2. The highest BCUT2D eigenvalue weighted by Crippen LogP contribution is 2.23. The van der Waals surface area contributed by atoms with Crippen LogP contribution in [0.25, 0.3) is 0 Å². The Bertz CT molecular complexity index is 170. The lowest BCUT2D eigenvalue weighted by Gasteiger charge is -2.18. The zero-order chi connectivity index (χ0) is 9.07.